The van der Waals surface area contributed by atoms with E-state index in [4.69, 9.17) is 0 Å². The fraction of sp³-hybridized carbons (Fsp3) is 0.455. The van der Waals surface area contributed by atoms with Crippen molar-refractivity contribution in [1.29, 1.82) is 0 Å². The molecule has 5 rings (SSSR count). The predicted molar refractivity (Wildman–Crippen MR) is 152 cm³/mol. The fourth-order valence-corrected chi connectivity index (χ4v) is 6.33. The van der Waals surface area contributed by atoms with Crippen LogP contribution >= 0.6 is 0 Å². The zero-order valence-electron chi connectivity index (χ0n) is 22.0. The topological polar surface area (TPSA) is 46.9 Å². The van der Waals surface area contributed by atoms with Gasteiger partial charge in [-0.15, -0.1) is 0 Å². The molecule has 0 radical (unpaired) electrons. The van der Waals surface area contributed by atoms with E-state index in [0.29, 0.717) is 0 Å². The highest BCUT2D eigenvalue weighted by atomic mass is 16.3. The lowest BCUT2D eigenvalue weighted by Gasteiger charge is -2.42. The lowest BCUT2D eigenvalue weighted by molar-refractivity contribution is -0.0146. The number of rotatable bonds is 9. The minimum atomic E-state index is -0.967. The van der Waals surface area contributed by atoms with Crippen LogP contribution in [0.1, 0.15) is 67.7 Å². The van der Waals surface area contributed by atoms with Gasteiger partial charge in [-0.25, -0.2) is 0 Å². The first-order valence-corrected chi connectivity index (χ1v) is 14.2. The summed E-state index contributed by atoms with van der Waals surface area (Å²) in [6, 6.07) is 28.9. The number of benzene rings is 3. The Morgan fingerprint density at radius 2 is 1.30 bits per heavy atom. The Hall–Kier alpha value is -2.66. The van der Waals surface area contributed by atoms with Gasteiger partial charge in [0.2, 0.25) is 0 Å². The predicted octanol–water partition coefficient (Wildman–Crippen LogP) is 6.14. The molecule has 0 aromatic heterocycles. The molecule has 196 valence electrons. The van der Waals surface area contributed by atoms with E-state index in [0.717, 1.165) is 75.1 Å². The van der Waals surface area contributed by atoms with Crippen molar-refractivity contribution in [2.75, 3.05) is 37.6 Å². The van der Waals surface area contributed by atoms with Gasteiger partial charge in [0.1, 0.15) is 5.60 Å². The van der Waals surface area contributed by atoms with Crippen LogP contribution in [0, 0.1) is 5.92 Å². The second-order valence-corrected chi connectivity index (χ2v) is 10.9. The van der Waals surface area contributed by atoms with Crippen LogP contribution in [0.5, 0.6) is 0 Å². The molecule has 4 heteroatoms. The monoisotopic (exact) mass is 498 g/mol. The number of aliphatic hydroxyl groups excluding tert-OH is 1. The van der Waals surface area contributed by atoms with Crippen molar-refractivity contribution < 1.29 is 10.2 Å². The summed E-state index contributed by atoms with van der Waals surface area (Å²) in [6.07, 6.45) is 7.16. The molecule has 1 unspecified atom stereocenters. The van der Waals surface area contributed by atoms with Gasteiger partial charge in [0, 0.05) is 18.8 Å². The zero-order valence-corrected chi connectivity index (χ0v) is 22.0. The van der Waals surface area contributed by atoms with Crippen molar-refractivity contribution in [3.05, 3.63) is 102 Å². The first kappa shape index (κ1) is 26.0. The number of hydrogen-bond donors (Lipinski definition) is 2. The third kappa shape index (κ3) is 6.09. The summed E-state index contributed by atoms with van der Waals surface area (Å²) >= 11 is 0. The van der Waals surface area contributed by atoms with E-state index < -0.39 is 11.7 Å². The third-order valence-electron chi connectivity index (χ3n) is 8.56. The van der Waals surface area contributed by atoms with Crippen LogP contribution in [0.25, 0.3) is 0 Å². The molecule has 2 fully saturated rings. The van der Waals surface area contributed by atoms with Gasteiger partial charge >= 0.3 is 0 Å². The molecule has 2 saturated heterocycles. The van der Waals surface area contributed by atoms with E-state index in [9.17, 15) is 10.2 Å². The number of likely N-dealkylation sites (tertiary alicyclic amines) is 1. The second-order valence-electron chi connectivity index (χ2n) is 10.9. The van der Waals surface area contributed by atoms with Crippen LogP contribution in [-0.2, 0) is 5.60 Å². The van der Waals surface area contributed by atoms with Crippen molar-refractivity contribution in [1.82, 2.24) is 4.90 Å². The molecule has 0 spiro atoms. The first-order chi connectivity index (χ1) is 18.1. The Bertz CT molecular complexity index is 1030. The molecule has 2 N–H and O–H groups in total. The van der Waals surface area contributed by atoms with Crippen LogP contribution < -0.4 is 4.90 Å². The maximum Gasteiger partial charge on any atom is 0.117 e. The van der Waals surface area contributed by atoms with Crippen LogP contribution in [0.3, 0.4) is 0 Å². The van der Waals surface area contributed by atoms with Gasteiger partial charge in [-0.1, -0.05) is 72.8 Å². The second kappa shape index (κ2) is 12.3. The smallest absolute Gasteiger partial charge is 0.117 e. The standard InChI is InChI=1S/C33H42N2O2/c36-32(27-16-18-31(19-17-27)35-23-8-3-9-24-35)15-10-22-34-25-20-30(21-26-34)33(37,28-11-4-1-5-12-28)29-13-6-2-7-14-29/h1-2,4-7,11-14,16-19,30,32,36-37H,3,8-10,15,20-26H2. The van der Waals surface area contributed by atoms with Crippen LogP contribution in [0.2, 0.25) is 0 Å². The molecule has 2 heterocycles. The van der Waals surface area contributed by atoms with Crippen LogP contribution in [0.4, 0.5) is 5.69 Å². The Morgan fingerprint density at radius 1 is 0.730 bits per heavy atom. The molecular weight excluding hydrogens is 456 g/mol. The van der Waals surface area contributed by atoms with E-state index in [-0.39, 0.29) is 5.92 Å². The van der Waals surface area contributed by atoms with E-state index in [1.54, 1.807) is 0 Å². The van der Waals surface area contributed by atoms with Crippen molar-refractivity contribution in [3.8, 4) is 0 Å². The van der Waals surface area contributed by atoms with Gasteiger partial charge in [-0.2, -0.15) is 0 Å². The summed E-state index contributed by atoms with van der Waals surface area (Å²) < 4.78 is 0. The SMILES string of the molecule is OC(CCCN1CCC(C(O)(c2ccccc2)c2ccccc2)CC1)c1ccc(N2CCCCC2)cc1. The molecule has 4 nitrogen and oxygen atoms in total. The fourth-order valence-electron chi connectivity index (χ4n) is 6.33. The lowest BCUT2D eigenvalue weighted by atomic mass is 9.72. The molecule has 37 heavy (non-hydrogen) atoms. The lowest BCUT2D eigenvalue weighted by Crippen LogP contribution is -2.44. The summed E-state index contributed by atoms with van der Waals surface area (Å²) in [5, 5.41) is 22.9. The maximum atomic E-state index is 12.1. The van der Waals surface area contributed by atoms with Crippen molar-refractivity contribution in [3.63, 3.8) is 0 Å². The number of hydrogen-bond acceptors (Lipinski definition) is 4. The largest absolute Gasteiger partial charge is 0.388 e. The molecule has 2 aliphatic heterocycles. The van der Waals surface area contributed by atoms with Crippen LogP contribution in [0.15, 0.2) is 84.9 Å². The molecule has 1 atom stereocenters. The Labute approximate surface area is 222 Å². The highest BCUT2D eigenvalue weighted by Gasteiger charge is 2.41. The Morgan fingerprint density at radius 3 is 1.86 bits per heavy atom. The average Bonchev–Trinajstić information content (AvgIpc) is 2.98. The van der Waals surface area contributed by atoms with Gasteiger partial charge in [0.25, 0.3) is 0 Å². The zero-order chi connectivity index (χ0) is 25.5. The summed E-state index contributed by atoms with van der Waals surface area (Å²) in [5.41, 5.74) is 3.30. The van der Waals surface area contributed by atoms with E-state index >= 15 is 0 Å². The average molecular weight is 499 g/mol. The molecule has 0 saturated carbocycles. The van der Waals surface area contributed by atoms with Gasteiger partial charge in [-0.3, -0.25) is 0 Å². The van der Waals surface area contributed by atoms with E-state index in [1.807, 2.05) is 36.4 Å². The van der Waals surface area contributed by atoms with Gasteiger partial charge in [0.15, 0.2) is 0 Å². The molecule has 3 aromatic carbocycles. The van der Waals surface area contributed by atoms with Crippen molar-refractivity contribution in [2.24, 2.45) is 5.92 Å². The van der Waals surface area contributed by atoms with E-state index in [1.165, 1.54) is 24.9 Å². The Balaban J connectivity index is 1.12. The summed E-state index contributed by atoms with van der Waals surface area (Å²) in [7, 11) is 0. The highest BCUT2D eigenvalue weighted by Crippen LogP contribution is 2.42. The number of aliphatic hydroxyl groups is 2. The normalized spacial score (nSPS) is 18.6. The van der Waals surface area contributed by atoms with Crippen molar-refractivity contribution in [2.45, 2.75) is 56.7 Å². The number of nitrogens with zero attached hydrogens (tertiary/aromatic N) is 2. The molecular formula is C33H42N2O2. The summed E-state index contributed by atoms with van der Waals surface area (Å²) in [6.45, 7) is 5.24. The minimum Gasteiger partial charge on any atom is -0.388 e. The summed E-state index contributed by atoms with van der Waals surface area (Å²) in [4.78, 5) is 4.96. The minimum absolute atomic E-state index is 0.178. The number of piperidine rings is 2. The third-order valence-corrected chi connectivity index (χ3v) is 8.56. The van der Waals surface area contributed by atoms with Crippen molar-refractivity contribution >= 4 is 5.69 Å². The highest BCUT2D eigenvalue weighted by molar-refractivity contribution is 5.48. The summed E-state index contributed by atoms with van der Waals surface area (Å²) in [5.74, 6) is 0.178. The molecule has 0 amide bonds. The first-order valence-electron chi connectivity index (χ1n) is 14.2. The molecule has 0 bridgehead atoms. The van der Waals surface area contributed by atoms with Crippen LogP contribution in [-0.4, -0.2) is 47.8 Å². The molecule has 2 aliphatic rings. The maximum absolute atomic E-state index is 12.1. The molecule has 3 aromatic rings. The quantitative estimate of drug-likeness (QED) is 0.372. The number of anilines is 1. The Kier molecular flexibility index (Phi) is 8.60. The molecule has 0 aliphatic carbocycles. The van der Waals surface area contributed by atoms with Gasteiger partial charge < -0.3 is 20.0 Å². The van der Waals surface area contributed by atoms with Gasteiger partial charge in [0.05, 0.1) is 6.10 Å². The van der Waals surface area contributed by atoms with E-state index in [2.05, 4.69) is 58.3 Å². The van der Waals surface area contributed by atoms with Gasteiger partial charge in [-0.05, 0) is 99.3 Å².